The number of anilines is 6. The van der Waals surface area contributed by atoms with Gasteiger partial charge in [0.15, 0.2) is 0 Å². The Morgan fingerprint density at radius 1 is 0.338 bits per heavy atom. The van der Waals surface area contributed by atoms with Crippen molar-refractivity contribution in [2.45, 2.75) is 66.2 Å². The number of aryl methyl sites for hydroxylation is 4. The van der Waals surface area contributed by atoms with E-state index in [1.165, 1.54) is 158 Å². The molecule has 0 fully saturated rings. The zero-order chi connectivity index (χ0) is 50.1. The molecule has 13 aromatic rings. The van der Waals surface area contributed by atoms with Gasteiger partial charge >= 0.3 is 456 Å². The number of hydrogen-bond donors (Lipinski definition) is 0. The molecule has 0 aliphatic carbocycles. The first kappa shape index (κ1) is 45.0. The van der Waals surface area contributed by atoms with Crippen LogP contribution >= 0.6 is 22.7 Å². The van der Waals surface area contributed by atoms with Crippen LogP contribution in [0.3, 0.4) is 0 Å². The predicted octanol–water partition coefficient (Wildman–Crippen LogP) is 19.6. The average Bonchev–Trinajstić information content (AvgIpc) is 4.23. The standard InChI is InChI=1S/C68H52N2S2Se2/c1-37-17-27-61(71-37)41-19-25-53-57(29-41)69(59-35-65-51(33-55(59)67(53,5)6)47-13-9-11-15-63(47)73-65)43-21-23-45-40(4)50-32-44(22-24-46(50)39(3)49(45)31-43)70-58-30-42(62-28-18-38(2)72-62)20-26-54(58)68(7,8)56-34-52-48-14-10-12-16-64(48)74-66(52)36-60(56)70/h9-36H,1-8H3. The number of rotatable bonds is 4. The van der Waals surface area contributed by atoms with Crippen LogP contribution in [0.5, 0.6) is 0 Å². The van der Waals surface area contributed by atoms with Crippen molar-refractivity contribution in [1.29, 1.82) is 0 Å². The Bertz CT molecular complexity index is 4280. The van der Waals surface area contributed by atoms with E-state index in [4.69, 9.17) is 0 Å². The first-order valence-electron chi connectivity index (χ1n) is 25.7. The second-order valence-corrected chi connectivity index (χ2v) is 29.0. The van der Waals surface area contributed by atoms with Crippen LogP contribution in [-0.2, 0) is 10.8 Å². The number of hydrogen-bond acceptors (Lipinski definition) is 4. The molecule has 2 nitrogen and oxygen atoms in total. The van der Waals surface area contributed by atoms with Gasteiger partial charge in [-0.05, 0) is 0 Å². The van der Waals surface area contributed by atoms with Crippen LogP contribution in [0.1, 0.15) is 70.8 Å². The van der Waals surface area contributed by atoms with E-state index in [0.29, 0.717) is 0 Å². The molecule has 0 atom stereocenters. The first-order valence-corrected chi connectivity index (χ1v) is 30.8. The predicted molar refractivity (Wildman–Crippen MR) is 325 cm³/mol. The summed E-state index contributed by atoms with van der Waals surface area (Å²) in [4.78, 5) is 10.5. The molecule has 0 bridgehead atoms. The van der Waals surface area contributed by atoms with Gasteiger partial charge < -0.3 is 0 Å². The monoisotopic (exact) mass is 1120 g/mol. The molecule has 0 saturated heterocycles. The number of nitrogens with zero attached hydrogens (tertiary/aromatic N) is 2. The molecule has 0 N–H and O–H groups in total. The number of fused-ring (bicyclic) bond motifs is 12. The van der Waals surface area contributed by atoms with E-state index < -0.39 is 0 Å². The summed E-state index contributed by atoms with van der Waals surface area (Å²) < 4.78 is 5.90. The fourth-order valence-electron chi connectivity index (χ4n) is 12.9. The molecule has 74 heavy (non-hydrogen) atoms. The van der Waals surface area contributed by atoms with E-state index in [9.17, 15) is 0 Å². The molecule has 2 aliphatic heterocycles. The normalized spacial score (nSPS) is 14.6. The van der Waals surface area contributed by atoms with Crippen LogP contribution in [0, 0.1) is 27.7 Å². The van der Waals surface area contributed by atoms with Crippen molar-refractivity contribution in [3.05, 3.63) is 213 Å². The van der Waals surface area contributed by atoms with Crippen LogP contribution in [0.15, 0.2) is 170 Å². The van der Waals surface area contributed by atoms with Crippen LogP contribution in [0.25, 0.3) is 81.0 Å². The van der Waals surface area contributed by atoms with E-state index in [-0.39, 0.29) is 39.8 Å². The zero-order valence-electron chi connectivity index (χ0n) is 42.7. The topological polar surface area (TPSA) is 6.48 Å². The molecule has 9 aromatic carbocycles. The van der Waals surface area contributed by atoms with Crippen LogP contribution in [0.2, 0.25) is 0 Å². The van der Waals surface area contributed by atoms with E-state index in [1.54, 1.807) is 0 Å². The summed E-state index contributed by atoms with van der Waals surface area (Å²) in [5.74, 6) is 0. The SMILES string of the molecule is Cc1ccc(-c2ccc3c(c2)N(c2ccc4c(C)c5cc(N6c7cc(-c8ccc(C)s8)ccc7C(C)(C)c7cc8c(cc76)[se]c6ccccc68)ccc5c(C)c4c2)c2cc4[se]c5ccccc5c4cc2C3(C)C)s1. The van der Waals surface area contributed by atoms with Crippen LogP contribution in [-0.4, -0.2) is 29.0 Å². The molecule has 358 valence electrons. The van der Waals surface area contributed by atoms with E-state index in [1.807, 2.05) is 22.7 Å². The van der Waals surface area contributed by atoms with Gasteiger partial charge in [-0.3, -0.25) is 0 Å². The quantitative estimate of drug-likeness (QED) is 0.128. The van der Waals surface area contributed by atoms with E-state index in [2.05, 4.69) is 235 Å². The fraction of sp³-hybridized carbons (Fsp3) is 0.147. The summed E-state index contributed by atoms with van der Waals surface area (Å²) in [7, 11) is 0. The van der Waals surface area contributed by atoms with Gasteiger partial charge in [-0.1, -0.05) is 0 Å². The summed E-state index contributed by atoms with van der Waals surface area (Å²) in [5, 5.41) is 10.8. The van der Waals surface area contributed by atoms with Crippen molar-refractivity contribution >= 4 is 146 Å². The molecule has 15 rings (SSSR count). The molecule has 4 aromatic heterocycles. The van der Waals surface area contributed by atoms with Gasteiger partial charge in [0.25, 0.3) is 0 Å². The summed E-state index contributed by atoms with van der Waals surface area (Å²) in [6.07, 6.45) is 0. The third kappa shape index (κ3) is 6.46. The molecule has 2 aliphatic rings. The number of thiophene rings is 2. The Balaban J connectivity index is 0.927. The Morgan fingerprint density at radius 3 is 1.18 bits per heavy atom. The van der Waals surface area contributed by atoms with E-state index >= 15 is 0 Å². The molecule has 0 unspecified atom stereocenters. The number of benzene rings is 9. The Hall–Kier alpha value is -6.46. The molecular weight excluding hydrogens is 1070 g/mol. The van der Waals surface area contributed by atoms with Gasteiger partial charge in [0, 0.05) is 0 Å². The Kier molecular flexibility index (Phi) is 9.74. The van der Waals surface area contributed by atoms with Crippen LogP contribution < -0.4 is 9.80 Å². The van der Waals surface area contributed by atoms with Gasteiger partial charge in [-0.25, -0.2) is 0 Å². The second-order valence-electron chi connectivity index (χ2n) is 21.8. The second kappa shape index (κ2) is 16.0. The maximum absolute atomic E-state index is 2.61. The van der Waals surface area contributed by atoms with Gasteiger partial charge in [0.1, 0.15) is 0 Å². The molecule has 0 radical (unpaired) electrons. The van der Waals surface area contributed by atoms with Crippen molar-refractivity contribution in [1.82, 2.24) is 0 Å². The fourth-order valence-corrected chi connectivity index (χ4v) is 19.3. The van der Waals surface area contributed by atoms with Crippen molar-refractivity contribution in [2.24, 2.45) is 0 Å². The third-order valence-corrected chi connectivity index (χ3v) is 23.7. The first-order chi connectivity index (χ1) is 35.8. The summed E-state index contributed by atoms with van der Waals surface area (Å²) in [6, 6.07) is 66.5. The molecule has 0 spiro atoms. The Morgan fingerprint density at radius 2 is 0.757 bits per heavy atom. The van der Waals surface area contributed by atoms with E-state index in [0.717, 1.165) is 0 Å². The Labute approximate surface area is 452 Å². The van der Waals surface area contributed by atoms with Crippen molar-refractivity contribution in [3.8, 4) is 20.9 Å². The van der Waals surface area contributed by atoms with Gasteiger partial charge in [0.2, 0.25) is 0 Å². The van der Waals surface area contributed by atoms with Crippen molar-refractivity contribution < 1.29 is 0 Å². The summed E-state index contributed by atoms with van der Waals surface area (Å²) >= 11 is 4.25. The van der Waals surface area contributed by atoms with Gasteiger partial charge in [-0.15, -0.1) is 0 Å². The zero-order valence-corrected chi connectivity index (χ0v) is 47.8. The minimum absolute atomic E-state index is 0.205. The van der Waals surface area contributed by atoms with Crippen molar-refractivity contribution in [3.63, 3.8) is 0 Å². The summed E-state index contributed by atoms with van der Waals surface area (Å²) in [5.41, 5.74) is 17.8. The third-order valence-electron chi connectivity index (χ3n) is 16.8. The van der Waals surface area contributed by atoms with Gasteiger partial charge in [-0.2, -0.15) is 0 Å². The van der Waals surface area contributed by atoms with Crippen molar-refractivity contribution in [2.75, 3.05) is 9.80 Å². The molecular formula is C68H52N2S2Se2. The molecule has 0 saturated carbocycles. The maximum atomic E-state index is 2.61. The average molecular weight is 1120 g/mol. The molecule has 6 heterocycles. The minimum atomic E-state index is -0.205. The summed E-state index contributed by atoms with van der Waals surface area (Å²) in [6.45, 7) is 18.9. The molecule has 6 heteroatoms. The van der Waals surface area contributed by atoms with Crippen LogP contribution in [0.4, 0.5) is 34.1 Å². The van der Waals surface area contributed by atoms with Gasteiger partial charge in [0.05, 0.1) is 0 Å². The molecule has 0 amide bonds.